The first-order valence-electron chi connectivity index (χ1n) is 7.00. The first kappa shape index (κ1) is 13.1. The summed E-state index contributed by atoms with van der Waals surface area (Å²) in [4.78, 5) is 0. The number of hydrogen-bond donors (Lipinski definition) is 1. The molecular weight excluding hydrogens is 226 g/mol. The summed E-state index contributed by atoms with van der Waals surface area (Å²) < 4.78 is 0. The van der Waals surface area contributed by atoms with E-state index in [9.17, 15) is 0 Å². The molecule has 1 heterocycles. The fourth-order valence-electron chi connectivity index (χ4n) is 2.93. The molecule has 0 aliphatic heterocycles. The number of thiophene rings is 1. The van der Waals surface area contributed by atoms with Gasteiger partial charge in [0.05, 0.1) is 0 Å². The van der Waals surface area contributed by atoms with Gasteiger partial charge in [-0.05, 0) is 66.1 Å². The number of rotatable bonds is 5. The third kappa shape index (κ3) is 3.82. The minimum atomic E-state index is 0.762. The monoisotopic (exact) mass is 251 g/mol. The average molecular weight is 251 g/mol. The van der Waals surface area contributed by atoms with Crippen molar-refractivity contribution in [3.05, 3.63) is 22.4 Å². The summed E-state index contributed by atoms with van der Waals surface area (Å²) in [5.74, 6) is 2.44. The van der Waals surface area contributed by atoms with Crippen molar-refractivity contribution in [2.45, 2.75) is 45.4 Å². The van der Waals surface area contributed by atoms with Crippen LogP contribution in [0.1, 0.15) is 51.0 Å². The molecule has 0 saturated heterocycles. The van der Waals surface area contributed by atoms with Gasteiger partial charge in [0.1, 0.15) is 0 Å². The molecule has 0 bridgehead atoms. The van der Waals surface area contributed by atoms with E-state index in [-0.39, 0.29) is 0 Å². The Kier molecular flexibility index (Phi) is 5.05. The van der Waals surface area contributed by atoms with E-state index in [1.54, 1.807) is 5.56 Å². The first-order chi connectivity index (χ1) is 8.27. The van der Waals surface area contributed by atoms with Gasteiger partial charge in [-0.15, -0.1) is 0 Å². The summed E-state index contributed by atoms with van der Waals surface area (Å²) in [7, 11) is 0. The molecule has 1 N–H and O–H groups in total. The smallest absolute Gasteiger partial charge is 0.00146 e. The van der Waals surface area contributed by atoms with Crippen molar-refractivity contribution in [2.24, 2.45) is 11.8 Å². The first-order valence-corrected chi connectivity index (χ1v) is 7.94. The fourth-order valence-corrected chi connectivity index (χ4v) is 3.66. The normalized spacial score (nSPS) is 25.4. The zero-order chi connectivity index (χ0) is 12.1. The zero-order valence-electron chi connectivity index (χ0n) is 11.1. The predicted molar refractivity (Wildman–Crippen MR) is 76.7 cm³/mol. The molecule has 2 rings (SSSR count). The van der Waals surface area contributed by atoms with Crippen LogP contribution in [0.25, 0.3) is 0 Å². The molecule has 0 amide bonds. The lowest BCUT2D eigenvalue weighted by Crippen LogP contribution is -2.31. The topological polar surface area (TPSA) is 12.0 Å². The van der Waals surface area contributed by atoms with E-state index in [0.717, 1.165) is 24.3 Å². The van der Waals surface area contributed by atoms with Gasteiger partial charge in [-0.1, -0.05) is 26.7 Å². The quantitative estimate of drug-likeness (QED) is 0.824. The van der Waals surface area contributed by atoms with Crippen molar-refractivity contribution in [1.82, 2.24) is 5.32 Å². The van der Waals surface area contributed by atoms with Crippen molar-refractivity contribution >= 4 is 11.3 Å². The van der Waals surface area contributed by atoms with Crippen LogP contribution in [-0.4, -0.2) is 13.1 Å². The lowest BCUT2D eigenvalue weighted by molar-refractivity contribution is 0.292. The SMILES string of the molecule is CC(C)CNCC1CCCCC1c1ccsc1. The zero-order valence-corrected chi connectivity index (χ0v) is 11.9. The van der Waals surface area contributed by atoms with Crippen molar-refractivity contribution in [3.63, 3.8) is 0 Å². The molecule has 1 fully saturated rings. The molecule has 2 atom stereocenters. The average Bonchev–Trinajstić information content (AvgIpc) is 2.82. The summed E-state index contributed by atoms with van der Waals surface area (Å²) in [5.41, 5.74) is 1.59. The third-order valence-electron chi connectivity index (χ3n) is 3.84. The van der Waals surface area contributed by atoms with Gasteiger partial charge < -0.3 is 5.32 Å². The van der Waals surface area contributed by atoms with Crippen LogP contribution in [0, 0.1) is 11.8 Å². The molecule has 1 saturated carbocycles. The lowest BCUT2D eigenvalue weighted by Gasteiger charge is -2.31. The van der Waals surface area contributed by atoms with Crippen LogP contribution in [-0.2, 0) is 0 Å². The maximum absolute atomic E-state index is 3.65. The molecular formula is C15H25NS. The van der Waals surface area contributed by atoms with Gasteiger partial charge in [-0.3, -0.25) is 0 Å². The molecule has 0 aromatic carbocycles. The Hall–Kier alpha value is -0.340. The van der Waals surface area contributed by atoms with E-state index in [0.29, 0.717) is 0 Å². The standard InChI is InChI=1S/C15H25NS/c1-12(2)9-16-10-13-5-3-4-6-15(13)14-7-8-17-11-14/h7-8,11-13,15-16H,3-6,9-10H2,1-2H3. The molecule has 17 heavy (non-hydrogen) atoms. The maximum atomic E-state index is 3.65. The van der Waals surface area contributed by atoms with Gasteiger partial charge in [0, 0.05) is 0 Å². The Bertz CT molecular complexity index is 305. The van der Waals surface area contributed by atoms with Crippen LogP contribution in [0.5, 0.6) is 0 Å². The number of hydrogen-bond acceptors (Lipinski definition) is 2. The highest BCUT2D eigenvalue weighted by atomic mass is 32.1. The second-order valence-electron chi connectivity index (χ2n) is 5.76. The van der Waals surface area contributed by atoms with E-state index in [4.69, 9.17) is 0 Å². The summed E-state index contributed by atoms with van der Waals surface area (Å²) in [6.45, 7) is 6.93. The molecule has 1 aliphatic carbocycles. The molecule has 1 aromatic rings. The second kappa shape index (κ2) is 6.55. The fraction of sp³-hybridized carbons (Fsp3) is 0.733. The summed E-state index contributed by atoms with van der Waals surface area (Å²) in [6, 6.07) is 2.33. The van der Waals surface area contributed by atoms with E-state index in [1.807, 2.05) is 11.3 Å². The maximum Gasteiger partial charge on any atom is -0.00146 e. The van der Waals surface area contributed by atoms with Crippen molar-refractivity contribution < 1.29 is 0 Å². The largest absolute Gasteiger partial charge is 0.316 e. The molecule has 1 nitrogen and oxygen atoms in total. The van der Waals surface area contributed by atoms with Crippen LogP contribution in [0.3, 0.4) is 0 Å². The van der Waals surface area contributed by atoms with Crippen LogP contribution in [0.4, 0.5) is 0 Å². The van der Waals surface area contributed by atoms with Crippen LogP contribution in [0.2, 0.25) is 0 Å². The Balaban J connectivity index is 1.89. The predicted octanol–water partition coefficient (Wildman–Crippen LogP) is 4.27. The van der Waals surface area contributed by atoms with E-state index < -0.39 is 0 Å². The van der Waals surface area contributed by atoms with Gasteiger partial charge in [0.2, 0.25) is 0 Å². The minimum Gasteiger partial charge on any atom is -0.316 e. The molecule has 0 spiro atoms. The van der Waals surface area contributed by atoms with Crippen molar-refractivity contribution in [2.75, 3.05) is 13.1 Å². The highest BCUT2D eigenvalue weighted by Crippen LogP contribution is 2.38. The van der Waals surface area contributed by atoms with E-state index in [1.165, 1.54) is 32.2 Å². The lowest BCUT2D eigenvalue weighted by atomic mass is 9.76. The minimum absolute atomic E-state index is 0.762. The van der Waals surface area contributed by atoms with Gasteiger partial charge >= 0.3 is 0 Å². The van der Waals surface area contributed by atoms with Crippen molar-refractivity contribution in [3.8, 4) is 0 Å². The summed E-state index contributed by atoms with van der Waals surface area (Å²) >= 11 is 1.84. The summed E-state index contributed by atoms with van der Waals surface area (Å²) in [5, 5.41) is 8.23. The molecule has 1 aliphatic rings. The third-order valence-corrected chi connectivity index (χ3v) is 4.54. The van der Waals surface area contributed by atoms with Gasteiger partial charge in [0.15, 0.2) is 0 Å². The van der Waals surface area contributed by atoms with Crippen molar-refractivity contribution in [1.29, 1.82) is 0 Å². The van der Waals surface area contributed by atoms with Crippen LogP contribution < -0.4 is 5.32 Å². The van der Waals surface area contributed by atoms with E-state index in [2.05, 4.69) is 36.0 Å². The van der Waals surface area contributed by atoms with Crippen LogP contribution in [0.15, 0.2) is 16.8 Å². The Morgan fingerprint density at radius 2 is 2.18 bits per heavy atom. The number of nitrogens with one attached hydrogen (secondary N) is 1. The Morgan fingerprint density at radius 3 is 2.88 bits per heavy atom. The molecule has 0 radical (unpaired) electrons. The summed E-state index contributed by atoms with van der Waals surface area (Å²) in [6.07, 6.45) is 5.65. The molecule has 2 unspecified atom stereocenters. The Morgan fingerprint density at radius 1 is 1.35 bits per heavy atom. The van der Waals surface area contributed by atoms with Gasteiger partial charge in [-0.25, -0.2) is 0 Å². The van der Waals surface area contributed by atoms with Crippen LogP contribution >= 0.6 is 11.3 Å². The molecule has 1 aromatic heterocycles. The highest BCUT2D eigenvalue weighted by Gasteiger charge is 2.26. The Labute approximate surface area is 110 Å². The highest BCUT2D eigenvalue weighted by molar-refractivity contribution is 7.07. The molecule has 2 heteroatoms. The molecule has 96 valence electrons. The van der Waals surface area contributed by atoms with Gasteiger partial charge in [-0.2, -0.15) is 11.3 Å². The van der Waals surface area contributed by atoms with Gasteiger partial charge in [0.25, 0.3) is 0 Å². The second-order valence-corrected chi connectivity index (χ2v) is 6.54. The van der Waals surface area contributed by atoms with E-state index >= 15 is 0 Å².